The molecule has 0 unspecified atom stereocenters. The van der Waals surface area contributed by atoms with E-state index in [0.717, 1.165) is 6.07 Å². The van der Waals surface area contributed by atoms with Crippen molar-refractivity contribution in [3.63, 3.8) is 0 Å². The minimum absolute atomic E-state index is 0.0524. The molecule has 0 atom stereocenters. The molecular weight excluding hydrogens is 233 g/mol. The van der Waals surface area contributed by atoms with Gasteiger partial charge in [-0.3, -0.25) is 10.1 Å². The third-order valence-corrected chi connectivity index (χ3v) is 2.28. The predicted molar refractivity (Wildman–Crippen MR) is 50.1 cm³/mol. The molecule has 1 N–H and O–H groups in total. The standard InChI is InChI=1S/C7H3Cl2NO4/c8-4-2-1-3(7(11)12)6(5(4)9)10(13)14/h1-2H,(H,11,12). The van der Waals surface area contributed by atoms with E-state index in [2.05, 4.69) is 0 Å². The summed E-state index contributed by atoms with van der Waals surface area (Å²) in [7, 11) is 0. The quantitative estimate of drug-likeness (QED) is 0.631. The number of hydrogen-bond acceptors (Lipinski definition) is 3. The molecule has 1 aromatic rings. The van der Waals surface area contributed by atoms with Crippen LogP contribution in [0, 0.1) is 10.1 Å². The Morgan fingerprint density at radius 1 is 1.43 bits per heavy atom. The molecule has 0 spiro atoms. The first-order chi connectivity index (χ1) is 6.45. The normalized spacial score (nSPS) is 9.86. The van der Waals surface area contributed by atoms with E-state index in [1.165, 1.54) is 6.07 Å². The molecule has 0 radical (unpaired) electrons. The van der Waals surface area contributed by atoms with Crippen LogP contribution in [0.15, 0.2) is 12.1 Å². The number of benzene rings is 1. The first kappa shape index (κ1) is 10.7. The summed E-state index contributed by atoms with van der Waals surface area (Å²) < 4.78 is 0. The topological polar surface area (TPSA) is 80.4 Å². The van der Waals surface area contributed by atoms with Crippen LogP contribution in [0.5, 0.6) is 0 Å². The summed E-state index contributed by atoms with van der Waals surface area (Å²) in [5, 5.41) is 18.7. The van der Waals surface area contributed by atoms with Gasteiger partial charge in [0.05, 0.1) is 9.95 Å². The van der Waals surface area contributed by atoms with Crippen molar-refractivity contribution >= 4 is 34.9 Å². The second-order valence-corrected chi connectivity index (χ2v) is 3.10. The van der Waals surface area contributed by atoms with Crippen molar-refractivity contribution in [2.75, 3.05) is 0 Å². The number of nitro groups is 1. The Labute approximate surface area is 88.0 Å². The number of aromatic carboxylic acids is 1. The monoisotopic (exact) mass is 235 g/mol. The van der Waals surface area contributed by atoms with Crippen molar-refractivity contribution in [2.45, 2.75) is 0 Å². The van der Waals surface area contributed by atoms with Crippen LogP contribution in [-0.2, 0) is 0 Å². The van der Waals surface area contributed by atoms with E-state index >= 15 is 0 Å². The number of rotatable bonds is 2. The third kappa shape index (κ3) is 1.78. The third-order valence-electron chi connectivity index (χ3n) is 1.48. The van der Waals surface area contributed by atoms with Crippen molar-refractivity contribution in [3.05, 3.63) is 37.9 Å². The molecule has 0 heterocycles. The molecule has 0 saturated carbocycles. The molecule has 0 bridgehead atoms. The summed E-state index contributed by atoms with van der Waals surface area (Å²) in [5.74, 6) is -1.42. The average Bonchev–Trinajstić information content (AvgIpc) is 2.08. The fourth-order valence-electron chi connectivity index (χ4n) is 0.891. The van der Waals surface area contributed by atoms with E-state index in [9.17, 15) is 14.9 Å². The highest BCUT2D eigenvalue weighted by molar-refractivity contribution is 6.43. The van der Waals surface area contributed by atoms with Gasteiger partial charge < -0.3 is 5.11 Å². The van der Waals surface area contributed by atoms with Gasteiger partial charge in [0.2, 0.25) is 0 Å². The fraction of sp³-hybridized carbons (Fsp3) is 0. The maximum absolute atomic E-state index is 10.6. The van der Waals surface area contributed by atoms with Crippen LogP contribution in [0.1, 0.15) is 10.4 Å². The van der Waals surface area contributed by atoms with E-state index in [-0.39, 0.29) is 10.0 Å². The summed E-state index contributed by atoms with van der Waals surface area (Å²) in [6.45, 7) is 0. The summed E-state index contributed by atoms with van der Waals surface area (Å²) in [6.07, 6.45) is 0. The Morgan fingerprint density at radius 3 is 2.43 bits per heavy atom. The molecule has 1 aromatic carbocycles. The Bertz CT molecular complexity index is 418. The fourth-order valence-corrected chi connectivity index (χ4v) is 1.28. The molecule has 7 heteroatoms. The van der Waals surface area contributed by atoms with Crippen LogP contribution in [-0.4, -0.2) is 16.0 Å². The summed E-state index contributed by atoms with van der Waals surface area (Å²) >= 11 is 11.0. The van der Waals surface area contributed by atoms with Gasteiger partial charge in [-0.25, -0.2) is 4.79 Å². The molecule has 0 aromatic heterocycles. The SMILES string of the molecule is O=C(O)c1ccc(Cl)c(Cl)c1[N+](=O)[O-]. The molecule has 0 amide bonds. The van der Waals surface area contributed by atoms with Crippen LogP contribution >= 0.6 is 23.2 Å². The number of halogens is 2. The number of nitro benzene ring substituents is 1. The Kier molecular flexibility index (Phi) is 2.93. The second-order valence-electron chi connectivity index (χ2n) is 2.32. The largest absolute Gasteiger partial charge is 0.477 e. The van der Waals surface area contributed by atoms with Crippen LogP contribution < -0.4 is 0 Å². The zero-order valence-electron chi connectivity index (χ0n) is 6.53. The number of carboxylic acids is 1. The van der Waals surface area contributed by atoms with Gasteiger partial charge in [0.25, 0.3) is 0 Å². The Balaban J connectivity index is 3.53. The first-order valence-corrected chi connectivity index (χ1v) is 4.06. The molecule has 1 rings (SSSR count). The van der Waals surface area contributed by atoms with E-state index in [1.54, 1.807) is 0 Å². The number of carboxylic acid groups (broad SMARTS) is 1. The smallest absolute Gasteiger partial charge is 0.342 e. The van der Waals surface area contributed by atoms with Gasteiger partial charge in [0.1, 0.15) is 10.6 Å². The van der Waals surface area contributed by atoms with Gasteiger partial charge in [0, 0.05) is 0 Å². The first-order valence-electron chi connectivity index (χ1n) is 3.31. The molecule has 74 valence electrons. The summed E-state index contributed by atoms with van der Waals surface area (Å²) in [6, 6.07) is 2.23. The molecule has 0 aliphatic carbocycles. The van der Waals surface area contributed by atoms with Crippen molar-refractivity contribution in [1.82, 2.24) is 0 Å². The minimum atomic E-state index is -1.42. The van der Waals surface area contributed by atoms with E-state index < -0.39 is 22.1 Å². The van der Waals surface area contributed by atoms with Gasteiger partial charge in [0.15, 0.2) is 0 Å². The lowest BCUT2D eigenvalue weighted by molar-refractivity contribution is -0.385. The Morgan fingerprint density at radius 2 is 2.00 bits per heavy atom. The maximum Gasteiger partial charge on any atom is 0.342 e. The molecule has 5 nitrogen and oxygen atoms in total. The zero-order chi connectivity index (χ0) is 10.9. The highest BCUT2D eigenvalue weighted by Gasteiger charge is 2.25. The highest BCUT2D eigenvalue weighted by Crippen LogP contribution is 2.34. The predicted octanol–water partition coefficient (Wildman–Crippen LogP) is 2.60. The second kappa shape index (κ2) is 3.81. The van der Waals surface area contributed by atoms with Gasteiger partial charge in [-0.1, -0.05) is 23.2 Å². The van der Waals surface area contributed by atoms with Crippen LogP contribution in [0.25, 0.3) is 0 Å². The summed E-state index contributed by atoms with van der Waals surface area (Å²) in [4.78, 5) is 20.2. The minimum Gasteiger partial charge on any atom is -0.477 e. The molecule has 14 heavy (non-hydrogen) atoms. The van der Waals surface area contributed by atoms with Crippen LogP contribution in [0.2, 0.25) is 10.0 Å². The number of nitrogens with zero attached hydrogens (tertiary/aromatic N) is 1. The summed E-state index contributed by atoms with van der Waals surface area (Å²) in [5.41, 5.74) is -1.17. The van der Waals surface area contributed by atoms with E-state index in [1.807, 2.05) is 0 Å². The zero-order valence-corrected chi connectivity index (χ0v) is 8.04. The lowest BCUT2D eigenvalue weighted by Gasteiger charge is -2.00. The molecule has 0 aliphatic heterocycles. The van der Waals surface area contributed by atoms with Gasteiger partial charge >= 0.3 is 11.7 Å². The van der Waals surface area contributed by atoms with Gasteiger partial charge in [-0.05, 0) is 12.1 Å². The highest BCUT2D eigenvalue weighted by atomic mass is 35.5. The van der Waals surface area contributed by atoms with Crippen molar-refractivity contribution in [1.29, 1.82) is 0 Å². The molecule has 0 saturated heterocycles. The number of carbonyl (C=O) groups is 1. The van der Waals surface area contributed by atoms with Crippen molar-refractivity contribution in [2.24, 2.45) is 0 Å². The maximum atomic E-state index is 10.6. The van der Waals surface area contributed by atoms with Crippen molar-refractivity contribution in [3.8, 4) is 0 Å². The lowest BCUT2D eigenvalue weighted by atomic mass is 10.2. The average molecular weight is 236 g/mol. The number of hydrogen-bond donors (Lipinski definition) is 1. The van der Waals surface area contributed by atoms with E-state index in [4.69, 9.17) is 28.3 Å². The lowest BCUT2D eigenvalue weighted by Crippen LogP contribution is -2.03. The van der Waals surface area contributed by atoms with Crippen LogP contribution in [0.3, 0.4) is 0 Å². The van der Waals surface area contributed by atoms with Crippen molar-refractivity contribution < 1.29 is 14.8 Å². The molecule has 0 aliphatic rings. The Hall–Kier alpha value is -1.33. The van der Waals surface area contributed by atoms with Gasteiger partial charge in [-0.15, -0.1) is 0 Å². The molecular formula is C7H3Cl2NO4. The van der Waals surface area contributed by atoms with Gasteiger partial charge in [-0.2, -0.15) is 0 Å². The van der Waals surface area contributed by atoms with E-state index in [0.29, 0.717) is 0 Å². The van der Waals surface area contributed by atoms with Crippen LogP contribution in [0.4, 0.5) is 5.69 Å². The molecule has 0 fully saturated rings.